The Labute approximate surface area is 251 Å². The van der Waals surface area contributed by atoms with Crippen LogP contribution < -0.4 is 15.4 Å². The van der Waals surface area contributed by atoms with Crippen molar-refractivity contribution in [1.82, 2.24) is 5.32 Å². The number of carbonyl (C=O) groups excluding carboxylic acids is 3. The van der Waals surface area contributed by atoms with Crippen LogP contribution in [0.4, 0.5) is 23.7 Å². The van der Waals surface area contributed by atoms with Crippen molar-refractivity contribution < 1.29 is 41.8 Å². The van der Waals surface area contributed by atoms with Gasteiger partial charge in [0, 0.05) is 5.69 Å². The van der Waals surface area contributed by atoms with Gasteiger partial charge in [0.1, 0.15) is 23.5 Å². The Morgan fingerprint density at radius 3 is 2.14 bits per heavy atom. The van der Waals surface area contributed by atoms with E-state index in [2.05, 4.69) is 17.6 Å². The van der Waals surface area contributed by atoms with Crippen LogP contribution in [0.15, 0.2) is 48.5 Å². The third kappa shape index (κ3) is 13.0. The number of hydrogen-bond donors (Lipinski definition) is 2. The molecule has 2 amide bonds. The predicted octanol–water partition coefficient (Wildman–Crippen LogP) is 7.80. The van der Waals surface area contributed by atoms with Crippen molar-refractivity contribution in [2.75, 3.05) is 11.9 Å². The minimum absolute atomic E-state index is 0.105. The number of unbranched alkanes of at least 4 members (excludes halogenated alkanes) is 5. The lowest BCUT2D eigenvalue weighted by molar-refractivity contribution is -0.157. The van der Waals surface area contributed by atoms with Crippen LogP contribution in [0, 0.1) is 0 Å². The van der Waals surface area contributed by atoms with Gasteiger partial charge in [-0.3, -0.25) is 9.59 Å². The number of benzene rings is 2. The molecule has 2 aromatic carbocycles. The highest BCUT2D eigenvalue weighted by Gasteiger charge is 2.40. The summed E-state index contributed by atoms with van der Waals surface area (Å²) in [4.78, 5) is 38.7. The topological polar surface area (TPSA) is 103 Å². The van der Waals surface area contributed by atoms with E-state index < -0.39 is 47.3 Å². The Morgan fingerprint density at radius 1 is 0.860 bits per heavy atom. The average molecular weight is 609 g/mol. The van der Waals surface area contributed by atoms with Crippen LogP contribution in [-0.2, 0) is 31.8 Å². The summed E-state index contributed by atoms with van der Waals surface area (Å²) in [5, 5.41) is 4.78. The van der Waals surface area contributed by atoms with Gasteiger partial charge in [-0.2, -0.15) is 13.2 Å². The van der Waals surface area contributed by atoms with Crippen LogP contribution in [0.3, 0.4) is 0 Å². The first kappa shape index (κ1) is 35.4. The number of ether oxygens (including phenoxy) is 3. The van der Waals surface area contributed by atoms with Gasteiger partial charge in [-0.25, -0.2) is 4.79 Å². The molecule has 0 unspecified atom stereocenters. The first-order valence-corrected chi connectivity index (χ1v) is 14.5. The first-order valence-electron chi connectivity index (χ1n) is 14.5. The fraction of sp³-hybridized carbons (Fsp3) is 0.531. The molecule has 0 fully saturated rings. The zero-order valence-electron chi connectivity index (χ0n) is 25.6. The molecule has 0 radical (unpaired) electrons. The van der Waals surface area contributed by atoms with Crippen LogP contribution in [0.1, 0.15) is 90.7 Å². The third-order valence-corrected chi connectivity index (χ3v) is 6.31. The van der Waals surface area contributed by atoms with Crippen LogP contribution in [0.2, 0.25) is 0 Å². The fourth-order valence-electron chi connectivity index (χ4n) is 4.12. The second-order valence-corrected chi connectivity index (χ2v) is 11.6. The largest absolute Gasteiger partial charge is 0.493 e. The lowest BCUT2D eigenvalue weighted by Crippen LogP contribution is -2.56. The standard InChI is InChI=1S/C32H43F3N2O6/c1-6-7-8-9-10-14-19-41-26-18-17-24(20-25(26)32(33,34)35)36-28(39)31(5,21-27(38)43-30(2,3)4)37-29(40)42-22-23-15-12-11-13-16-23/h11-13,15-18,20H,6-10,14,19,21-22H2,1-5H3,(H,36,39)(H,37,40)/t31-/m0/s1. The van der Waals surface area contributed by atoms with Gasteiger partial charge in [0.05, 0.1) is 18.6 Å². The molecule has 0 aliphatic rings. The molecule has 0 aliphatic heterocycles. The Morgan fingerprint density at radius 2 is 1.51 bits per heavy atom. The molecule has 8 nitrogen and oxygen atoms in total. The Kier molecular flexibility index (Phi) is 13.3. The van der Waals surface area contributed by atoms with Gasteiger partial charge in [-0.15, -0.1) is 0 Å². The van der Waals surface area contributed by atoms with Gasteiger partial charge in [0.15, 0.2) is 0 Å². The number of nitrogens with one attached hydrogen (secondary N) is 2. The van der Waals surface area contributed by atoms with Gasteiger partial charge < -0.3 is 24.8 Å². The van der Waals surface area contributed by atoms with Gasteiger partial charge in [-0.1, -0.05) is 69.4 Å². The van der Waals surface area contributed by atoms with Crippen molar-refractivity contribution in [1.29, 1.82) is 0 Å². The van der Waals surface area contributed by atoms with Gasteiger partial charge in [-0.05, 0) is 57.9 Å². The summed E-state index contributed by atoms with van der Waals surface area (Å²) in [5.41, 5.74) is -3.37. The SMILES string of the molecule is CCCCCCCCOc1ccc(NC(=O)[C@](C)(CC(=O)OC(C)(C)C)NC(=O)OCc2ccccc2)cc1C(F)(F)F. The minimum atomic E-state index is -4.75. The molecule has 2 rings (SSSR count). The van der Waals surface area contributed by atoms with E-state index in [1.54, 1.807) is 51.1 Å². The predicted molar refractivity (Wildman–Crippen MR) is 158 cm³/mol. The molecule has 0 saturated carbocycles. The maximum absolute atomic E-state index is 13.9. The number of hydrogen-bond acceptors (Lipinski definition) is 6. The molecule has 2 aromatic rings. The highest BCUT2D eigenvalue weighted by atomic mass is 19.4. The molecule has 0 bridgehead atoms. The van der Waals surface area contributed by atoms with Crippen LogP contribution in [0.5, 0.6) is 5.75 Å². The van der Waals surface area contributed by atoms with Gasteiger partial charge in [0.2, 0.25) is 0 Å². The Bertz CT molecular complexity index is 1200. The molecule has 238 valence electrons. The zero-order valence-corrected chi connectivity index (χ0v) is 25.6. The lowest BCUT2D eigenvalue weighted by atomic mass is 9.96. The monoisotopic (exact) mass is 608 g/mol. The molecular formula is C32H43F3N2O6. The smallest absolute Gasteiger partial charge is 0.420 e. The Hall–Kier alpha value is -3.76. The summed E-state index contributed by atoms with van der Waals surface area (Å²) in [7, 11) is 0. The second kappa shape index (κ2) is 16.2. The second-order valence-electron chi connectivity index (χ2n) is 11.6. The summed E-state index contributed by atoms with van der Waals surface area (Å²) in [5.74, 6) is -2.09. The van der Waals surface area contributed by atoms with Crippen LogP contribution in [0.25, 0.3) is 0 Å². The van der Waals surface area contributed by atoms with Crippen molar-refractivity contribution in [2.24, 2.45) is 0 Å². The number of anilines is 1. The van der Waals surface area contributed by atoms with E-state index in [-0.39, 0.29) is 24.7 Å². The third-order valence-electron chi connectivity index (χ3n) is 6.31. The van der Waals surface area contributed by atoms with E-state index >= 15 is 0 Å². The van der Waals surface area contributed by atoms with Crippen LogP contribution >= 0.6 is 0 Å². The zero-order chi connectivity index (χ0) is 32.1. The number of alkyl halides is 3. The normalized spacial score (nSPS) is 13.0. The number of amides is 2. The molecule has 0 spiro atoms. The van der Waals surface area contributed by atoms with Gasteiger partial charge in [0.25, 0.3) is 5.91 Å². The van der Waals surface area contributed by atoms with E-state index in [1.165, 1.54) is 13.0 Å². The fourth-order valence-corrected chi connectivity index (χ4v) is 4.12. The maximum atomic E-state index is 13.9. The molecule has 11 heteroatoms. The molecule has 0 aromatic heterocycles. The number of alkyl carbamates (subject to hydrolysis) is 1. The molecule has 43 heavy (non-hydrogen) atoms. The summed E-state index contributed by atoms with van der Waals surface area (Å²) >= 11 is 0. The number of rotatable bonds is 15. The quantitative estimate of drug-likeness (QED) is 0.158. The maximum Gasteiger partial charge on any atom is 0.420 e. The molecule has 0 saturated heterocycles. The van der Waals surface area contributed by atoms with Crippen molar-refractivity contribution >= 4 is 23.7 Å². The highest BCUT2D eigenvalue weighted by Crippen LogP contribution is 2.38. The Balaban J connectivity index is 2.19. The molecule has 2 N–H and O–H groups in total. The lowest BCUT2D eigenvalue weighted by Gasteiger charge is -2.30. The number of esters is 1. The van der Waals surface area contributed by atoms with Crippen molar-refractivity contribution in [3.63, 3.8) is 0 Å². The molecule has 1 atom stereocenters. The average Bonchev–Trinajstić information content (AvgIpc) is 2.90. The van der Waals surface area contributed by atoms with Crippen molar-refractivity contribution in [3.05, 3.63) is 59.7 Å². The summed E-state index contributed by atoms with van der Waals surface area (Å²) in [6, 6.07) is 12.0. The number of halogens is 3. The van der Waals surface area contributed by atoms with Gasteiger partial charge >= 0.3 is 18.2 Å². The number of carbonyl (C=O) groups is 3. The molecular weight excluding hydrogens is 565 g/mol. The summed E-state index contributed by atoms with van der Waals surface area (Å²) < 4.78 is 57.7. The van der Waals surface area contributed by atoms with E-state index in [1.807, 2.05) is 0 Å². The summed E-state index contributed by atoms with van der Waals surface area (Å²) in [6.45, 7) is 8.30. The van der Waals surface area contributed by atoms with Crippen LogP contribution in [-0.4, -0.2) is 35.7 Å². The van der Waals surface area contributed by atoms with E-state index in [0.29, 0.717) is 12.0 Å². The molecule has 0 aliphatic carbocycles. The van der Waals surface area contributed by atoms with E-state index in [4.69, 9.17) is 14.2 Å². The highest BCUT2D eigenvalue weighted by molar-refractivity contribution is 6.02. The first-order chi connectivity index (χ1) is 20.1. The van der Waals surface area contributed by atoms with E-state index in [0.717, 1.165) is 44.2 Å². The van der Waals surface area contributed by atoms with Crippen molar-refractivity contribution in [2.45, 2.75) is 103 Å². The summed E-state index contributed by atoms with van der Waals surface area (Å²) in [6.07, 6.45) is -0.606. The van der Waals surface area contributed by atoms with Crippen molar-refractivity contribution in [3.8, 4) is 5.75 Å². The minimum Gasteiger partial charge on any atom is -0.493 e. The molecule has 0 heterocycles. The van der Waals surface area contributed by atoms with E-state index in [9.17, 15) is 27.6 Å².